The topological polar surface area (TPSA) is 52.0 Å². The molecule has 3 rings (SSSR count). The molecular formula is C15H20N4O. The molecule has 0 radical (unpaired) electrons. The molecule has 2 aromatic rings. The first-order chi connectivity index (χ1) is 9.78. The molecule has 2 heterocycles. The number of likely N-dealkylation sites (N-methyl/N-ethyl adjacent to an activating group) is 1. The molecule has 0 saturated carbocycles. The number of fused-ring (bicyclic) bond motifs is 1. The molecule has 5 nitrogen and oxygen atoms in total. The van der Waals surface area contributed by atoms with Gasteiger partial charge in [0.1, 0.15) is 0 Å². The summed E-state index contributed by atoms with van der Waals surface area (Å²) in [5.74, 6) is 0. The predicted octanol–water partition coefficient (Wildman–Crippen LogP) is 1.26. The zero-order chi connectivity index (χ0) is 13.9. The minimum absolute atomic E-state index is 0.0759. The zero-order valence-corrected chi connectivity index (χ0v) is 11.9. The van der Waals surface area contributed by atoms with Crippen LogP contribution in [0.5, 0.6) is 0 Å². The van der Waals surface area contributed by atoms with Crippen molar-refractivity contribution in [3.05, 3.63) is 47.3 Å². The van der Waals surface area contributed by atoms with Crippen LogP contribution in [0.1, 0.15) is 22.9 Å². The molecule has 0 bridgehead atoms. The van der Waals surface area contributed by atoms with Crippen molar-refractivity contribution in [2.24, 2.45) is 7.05 Å². The monoisotopic (exact) mass is 272 g/mol. The lowest BCUT2D eigenvalue weighted by atomic mass is 9.91. The molecule has 106 valence electrons. The van der Waals surface area contributed by atoms with E-state index < -0.39 is 0 Å². The van der Waals surface area contributed by atoms with Crippen LogP contribution in [-0.4, -0.2) is 34.7 Å². The van der Waals surface area contributed by atoms with Crippen molar-refractivity contribution < 1.29 is 4.74 Å². The molecule has 20 heavy (non-hydrogen) atoms. The molecule has 0 saturated heterocycles. The second kappa shape index (κ2) is 5.73. The Morgan fingerprint density at radius 1 is 1.45 bits per heavy atom. The van der Waals surface area contributed by atoms with Gasteiger partial charge < -0.3 is 10.1 Å². The van der Waals surface area contributed by atoms with E-state index in [2.05, 4.69) is 39.9 Å². The average molecular weight is 272 g/mol. The van der Waals surface area contributed by atoms with E-state index in [1.807, 2.05) is 20.3 Å². The first-order valence-electron chi connectivity index (χ1n) is 7.00. The first kappa shape index (κ1) is 13.3. The molecule has 0 spiro atoms. The summed E-state index contributed by atoms with van der Waals surface area (Å²) >= 11 is 0. The number of nitrogens with one attached hydrogen (secondary N) is 1. The molecule has 2 atom stereocenters. The Hall–Kier alpha value is -1.72. The lowest BCUT2D eigenvalue weighted by Crippen LogP contribution is -2.38. The van der Waals surface area contributed by atoms with E-state index in [-0.39, 0.29) is 12.1 Å². The minimum atomic E-state index is 0.0759. The normalized spacial score (nSPS) is 19.6. The molecule has 1 aliphatic rings. The van der Waals surface area contributed by atoms with Gasteiger partial charge in [-0.05, 0) is 24.6 Å². The van der Waals surface area contributed by atoms with Crippen molar-refractivity contribution in [2.45, 2.75) is 25.0 Å². The molecule has 0 aliphatic carbocycles. The van der Waals surface area contributed by atoms with Crippen LogP contribution in [0.4, 0.5) is 0 Å². The molecule has 0 amide bonds. The first-order valence-corrected chi connectivity index (χ1v) is 7.00. The van der Waals surface area contributed by atoms with Crippen LogP contribution in [0.25, 0.3) is 0 Å². The van der Waals surface area contributed by atoms with Gasteiger partial charge >= 0.3 is 0 Å². The fourth-order valence-electron chi connectivity index (χ4n) is 2.83. The van der Waals surface area contributed by atoms with Crippen LogP contribution < -0.4 is 5.32 Å². The number of ether oxygens (including phenoxy) is 1. The van der Waals surface area contributed by atoms with Crippen LogP contribution >= 0.6 is 0 Å². The fourth-order valence-corrected chi connectivity index (χ4v) is 2.83. The summed E-state index contributed by atoms with van der Waals surface area (Å²) in [5.41, 5.74) is 3.67. The maximum atomic E-state index is 6.02. The van der Waals surface area contributed by atoms with Crippen LogP contribution in [-0.2, 0) is 24.6 Å². The highest BCUT2D eigenvalue weighted by molar-refractivity contribution is 5.32. The number of rotatable bonds is 4. The van der Waals surface area contributed by atoms with Gasteiger partial charge in [-0.2, -0.15) is 0 Å². The largest absolute Gasteiger partial charge is 0.372 e. The summed E-state index contributed by atoms with van der Waals surface area (Å²) in [5, 5.41) is 11.5. The summed E-state index contributed by atoms with van der Waals surface area (Å²) in [4.78, 5) is 0. The van der Waals surface area contributed by atoms with Crippen LogP contribution in [0.15, 0.2) is 30.5 Å². The highest BCUT2D eigenvalue weighted by Gasteiger charge is 2.28. The lowest BCUT2D eigenvalue weighted by Gasteiger charge is -2.32. The van der Waals surface area contributed by atoms with Gasteiger partial charge in [-0.1, -0.05) is 29.5 Å². The smallest absolute Gasteiger partial charge is 0.0984 e. The SMILES string of the molecule is CNC(Cc1cn(C)nn1)C1OCCc2ccccc21. The highest BCUT2D eigenvalue weighted by Crippen LogP contribution is 2.30. The van der Waals surface area contributed by atoms with Crippen molar-refractivity contribution in [1.29, 1.82) is 0 Å². The second-order valence-corrected chi connectivity index (χ2v) is 5.22. The molecule has 1 aromatic heterocycles. The third kappa shape index (κ3) is 2.59. The van der Waals surface area contributed by atoms with E-state index in [1.165, 1.54) is 11.1 Å². The molecular weight excluding hydrogens is 252 g/mol. The van der Waals surface area contributed by atoms with E-state index in [4.69, 9.17) is 4.74 Å². The molecule has 1 N–H and O–H groups in total. The molecule has 0 fully saturated rings. The number of hydrogen-bond acceptors (Lipinski definition) is 4. The Labute approximate surface area is 118 Å². The quantitative estimate of drug-likeness (QED) is 0.910. The predicted molar refractivity (Wildman–Crippen MR) is 76.4 cm³/mol. The van der Waals surface area contributed by atoms with Crippen LogP contribution in [0, 0.1) is 0 Å². The molecule has 1 aromatic carbocycles. The van der Waals surface area contributed by atoms with Gasteiger partial charge in [0.05, 0.1) is 18.4 Å². The number of nitrogens with zero attached hydrogens (tertiary/aromatic N) is 3. The molecule has 2 unspecified atom stereocenters. The molecule has 1 aliphatic heterocycles. The summed E-state index contributed by atoms with van der Waals surface area (Å²) < 4.78 is 7.75. The van der Waals surface area contributed by atoms with Gasteiger partial charge in [0.15, 0.2) is 0 Å². The zero-order valence-electron chi connectivity index (χ0n) is 11.9. The van der Waals surface area contributed by atoms with Crippen LogP contribution in [0.2, 0.25) is 0 Å². The van der Waals surface area contributed by atoms with Gasteiger partial charge in [0.25, 0.3) is 0 Å². The summed E-state index contributed by atoms with van der Waals surface area (Å²) in [6.45, 7) is 0.778. The summed E-state index contributed by atoms with van der Waals surface area (Å²) in [6.07, 6.45) is 3.84. The Bertz CT molecular complexity index is 581. The number of benzene rings is 1. The maximum absolute atomic E-state index is 6.02. The second-order valence-electron chi connectivity index (χ2n) is 5.22. The van der Waals surface area contributed by atoms with Gasteiger partial charge in [0.2, 0.25) is 0 Å². The Morgan fingerprint density at radius 3 is 3.05 bits per heavy atom. The average Bonchev–Trinajstić information content (AvgIpc) is 2.89. The Morgan fingerprint density at radius 2 is 2.30 bits per heavy atom. The lowest BCUT2D eigenvalue weighted by molar-refractivity contribution is 0.0170. The van der Waals surface area contributed by atoms with Gasteiger partial charge in [-0.25, -0.2) is 0 Å². The highest BCUT2D eigenvalue weighted by atomic mass is 16.5. The van der Waals surface area contributed by atoms with Crippen molar-refractivity contribution in [2.75, 3.05) is 13.7 Å². The number of hydrogen-bond donors (Lipinski definition) is 1. The summed E-state index contributed by atoms with van der Waals surface area (Å²) in [7, 11) is 3.86. The molecule has 5 heteroatoms. The van der Waals surface area contributed by atoms with Crippen molar-refractivity contribution in [1.82, 2.24) is 20.3 Å². The van der Waals surface area contributed by atoms with E-state index in [0.29, 0.717) is 0 Å². The van der Waals surface area contributed by atoms with Crippen molar-refractivity contribution in [3.63, 3.8) is 0 Å². The standard InChI is InChI=1S/C15H20N4O/c1-16-14(9-12-10-19(2)18-17-12)15-13-6-4-3-5-11(13)7-8-20-15/h3-6,10,14-16H,7-9H2,1-2H3. The van der Waals surface area contributed by atoms with E-state index >= 15 is 0 Å². The number of aryl methyl sites for hydroxylation is 1. The number of aromatic nitrogens is 3. The summed E-state index contributed by atoms with van der Waals surface area (Å²) in [6, 6.07) is 8.74. The van der Waals surface area contributed by atoms with Gasteiger partial charge in [0, 0.05) is 25.7 Å². The minimum Gasteiger partial charge on any atom is -0.372 e. The maximum Gasteiger partial charge on any atom is 0.0984 e. The van der Waals surface area contributed by atoms with Gasteiger partial charge in [-0.15, -0.1) is 5.10 Å². The third-order valence-corrected chi connectivity index (χ3v) is 3.85. The van der Waals surface area contributed by atoms with Gasteiger partial charge in [-0.3, -0.25) is 4.68 Å². The van der Waals surface area contributed by atoms with Crippen molar-refractivity contribution in [3.8, 4) is 0 Å². The Kier molecular flexibility index (Phi) is 3.80. The van der Waals surface area contributed by atoms with E-state index in [9.17, 15) is 0 Å². The fraction of sp³-hybridized carbons (Fsp3) is 0.467. The van der Waals surface area contributed by atoms with E-state index in [1.54, 1.807) is 4.68 Å². The van der Waals surface area contributed by atoms with Crippen molar-refractivity contribution >= 4 is 0 Å². The Balaban J connectivity index is 1.83. The van der Waals surface area contributed by atoms with Crippen LogP contribution in [0.3, 0.4) is 0 Å². The van der Waals surface area contributed by atoms with E-state index in [0.717, 1.165) is 25.1 Å². The third-order valence-electron chi connectivity index (χ3n) is 3.85.